The first-order valence-corrected chi connectivity index (χ1v) is 18.7. The van der Waals surface area contributed by atoms with E-state index in [0.717, 1.165) is 38.5 Å². The van der Waals surface area contributed by atoms with E-state index in [2.05, 4.69) is 0 Å². The zero-order valence-electron chi connectivity index (χ0n) is 30.4. The molecule has 0 aromatic carbocycles. The summed E-state index contributed by atoms with van der Waals surface area (Å²) in [6.07, 6.45) is 18.7. The minimum atomic E-state index is -1.66. The number of hydrogen-bond acceptors (Lipinski definition) is 16. The van der Waals surface area contributed by atoms with Gasteiger partial charge in [-0.15, -0.1) is 0 Å². The lowest BCUT2D eigenvalue weighted by atomic mass is 9.87. The number of allylic oxidation sites excluding steroid dienone is 8. The minimum absolute atomic E-state index is 0.0468. The fourth-order valence-corrected chi connectivity index (χ4v) is 7.63. The van der Waals surface area contributed by atoms with Gasteiger partial charge in [-0.05, 0) is 50.0 Å². The van der Waals surface area contributed by atoms with Gasteiger partial charge in [0.15, 0.2) is 6.29 Å². The largest absolute Gasteiger partial charge is 0.480 e. The zero-order chi connectivity index (χ0) is 39.6. The average molecular weight is 779 g/mol. The maximum Gasteiger partial charge on any atom is 0.348 e. The van der Waals surface area contributed by atoms with Gasteiger partial charge in [-0.25, -0.2) is 24.0 Å². The van der Waals surface area contributed by atoms with Gasteiger partial charge in [-0.1, -0.05) is 49.3 Å². The third-order valence-electron chi connectivity index (χ3n) is 10.6. The molecule has 1 atom stereocenters. The molecule has 4 spiro atoms. The van der Waals surface area contributed by atoms with Crippen LogP contribution in [-0.2, 0) is 61.9 Å². The molecule has 298 valence electrons. The number of rotatable bonds is 6. The van der Waals surface area contributed by atoms with Crippen molar-refractivity contribution in [2.24, 2.45) is 0 Å². The maximum absolute atomic E-state index is 12.9. The van der Waals surface area contributed by atoms with Gasteiger partial charge in [0.1, 0.15) is 16.7 Å². The lowest BCUT2D eigenvalue weighted by molar-refractivity contribution is -0.335. The van der Waals surface area contributed by atoms with Gasteiger partial charge in [0.05, 0.1) is 5.57 Å². The normalized spacial score (nSPS) is 27.9. The van der Waals surface area contributed by atoms with Crippen LogP contribution in [0.4, 0.5) is 0 Å². The maximum atomic E-state index is 12.9. The van der Waals surface area contributed by atoms with Crippen molar-refractivity contribution in [3.8, 4) is 0 Å². The van der Waals surface area contributed by atoms with E-state index in [4.69, 9.17) is 37.9 Å². The summed E-state index contributed by atoms with van der Waals surface area (Å²) in [4.78, 5) is 63.4. The quantitative estimate of drug-likeness (QED) is 0.106. The van der Waals surface area contributed by atoms with Crippen LogP contribution in [0.2, 0.25) is 0 Å². The van der Waals surface area contributed by atoms with Crippen molar-refractivity contribution in [3.05, 3.63) is 94.9 Å². The molecule has 4 heterocycles. The summed E-state index contributed by atoms with van der Waals surface area (Å²) in [6.45, 7) is 0. The van der Waals surface area contributed by atoms with Gasteiger partial charge in [0.25, 0.3) is 29.3 Å². The van der Waals surface area contributed by atoms with E-state index >= 15 is 0 Å². The zero-order valence-corrected chi connectivity index (χ0v) is 30.4. The predicted molar refractivity (Wildman–Crippen MR) is 187 cm³/mol. The molecular weight excluding hydrogens is 736 g/mol. The van der Waals surface area contributed by atoms with Crippen LogP contribution in [0.1, 0.15) is 89.9 Å². The molecule has 2 saturated heterocycles. The third kappa shape index (κ3) is 8.02. The van der Waals surface area contributed by atoms with Crippen molar-refractivity contribution in [2.45, 2.75) is 119 Å². The van der Waals surface area contributed by atoms with Crippen molar-refractivity contribution in [1.82, 2.24) is 0 Å². The number of esters is 5. The van der Waals surface area contributed by atoms with Crippen LogP contribution in [0.3, 0.4) is 0 Å². The standard InChI is InChI=1S/C40H42O16/c41-29-25(30(42)50-37(49-29)17-9-3-10-18-37)13-5-1-7-15-27-33(45)53-39(54-34(27)46)21-23-40(24-22-39)55-35(47)28(36(48)56-40)16-8-2-6-14-26-31(43)51-38(52-32(26)44)19-11-4-12-20-38/h1-2,5-8,13-16,33,41,45,47H,3-4,9-12,17-24H2/b6-2+,7-1+,13-5+,16-8+,27-15+. The van der Waals surface area contributed by atoms with Crippen molar-refractivity contribution in [2.75, 3.05) is 0 Å². The van der Waals surface area contributed by atoms with Gasteiger partial charge < -0.3 is 53.2 Å². The van der Waals surface area contributed by atoms with Crippen LogP contribution < -0.4 is 0 Å². The summed E-state index contributed by atoms with van der Waals surface area (Å²) in [7, 11) is 0. The molecule has 0 radical (unpaired) electrons. The molecule has 7 rings (SSSR count). The fraction of sp³-hybridized carbons (Fsp3) is 0.475. The van der Waals surface area contributed by atoms with E-state index in [0.29, 0.717) is 25.7 Å². The van der Waals surface area contributed by atoms with Gasteiger partial charge in [-0.2, -0.15) is 0 Å². The highest BCUT2D eigenvalue weighted by atomic mass is 16.8. The summed E-state index contributed by atoms with van der Waals surface area (Å²) in [5.41, 5.74) is -0.914. The van der Waals surface area contributed by atoms with E-state index in [-0.39, 0.29) is 48.0 Å². The van der Waals surface area contributed by atoms with Gasteiger partial charge in [-0.3, -0.25) is 0 Å². The summed E-state index contributed by atoms with van der Waals surface area (Å²) in [6, 6.07) is 0. The molecule has 0 aromatic rings. The predicted octanol–water partition coefficient (Wildman–Crippen LogP) is 5.03. The Hall–Kier alpha value is -5.61. The van der Waals surface area contributed by atoms with Crippen molar-refractivity contribution in [3.63, 3.8) is 0 Å². The lowest BCUT2D eigenvalue weighted by Gasteiger charge is -2.47. The Morgan fingerprint density at radius 1 is 0.446 bits per heavy atom. The van der Waals surface area contributed by atoms with Gasteiger partial charge in [0, 0.05) is 51.4 Å². The number of carbonyl (C=O) groups excluding carboxylic acids is 5. The van der Waals surface area contributed by atoms with Crippen LogP contribution in [0.25, 0.3) is 0 Å². The highest BCUT2D eigenvalue weighted by Gasteiger charge is 2.55. The smallest absolute Gasteiger partial charge is 0.348 e. The van der Waals surface area contributed by atoms with E-state index in [1.807, 2.05) is 0 Å². The minimum Gasteiger partial charge on any atom is -0.480 e. The van der Waals surface area contributed by atoms with Gasteiger partial charge in [0.2, 0.25) is 5.79 Å². The van der Waals surface area contributed by atoms with Crippen molar-refractivity contribution < 1.29 is 77.2 Å². The van der Waals surface area contributed by atoms with E-state index < -0.39 is 71.2 Å². The monoisotopic (exact) mass is 778 g/mol. The first-order valence-electron chi connectivity index (χ1n) is 18.7. The Morgan fingerprint density at radius 3 is 1.34 bits per heavy atom. The molecule has 3 saturated carbocycles. The van der Waals surface area contributed by atoms with E-state index in [9.17, 15) is 39.3 Å². The highest BCUT2D eigenvalue weighted by Crippen LogP contribution is 2.46. The lowest BCUT2D eigenvalue weighted by Crippen LogP contribution is -2.55. The molecule has 0 aromatic heterocycles. The Kier molecular flexibility index (Phi) is 10.7. The number of ether oxygens (including phenoxy) is 8. The molecule has 7 aliphatic rings. The van der Waals surface area contributed by atoms with Gasteiger partial charge >= 0.3 is 29.8 Å². The first-order chi connectivity index (χ1) is 26.8. The first kappa shape index (κ1) is 38.7. The average Bonchev–Trinajstić information content (AvgIpc) is 3.14. The molecule has 0 amide bonds. The summed E-state index contributed by atoms with van der Waals surface area (Å²) in [5, 5.41) is 31.7. The molecule has 3 aliphatic carbocycles. The highest BCUT2D eigenvalue weighted by molar-refractivity contribution is 6.15. The Morgan fingerprint density at radius 2 is 0.857 bits per heavy atom. The molecule has 16 nitrogen and oxygen atoms in total. The van der Waals surface area contributed by atoms with Crippen LogP contribution >= 0.6 is 0 Å². The number of aliphatic hydroxyl groups excluding tert-OH is 3. The number of aliphatic hydroxyl groups is 3. The molecule has 1 unspecified atom stereocenters. The second-order valence-electron chi connectivity index (χ2n) is 14.5. The SMILES string of the molecule is O=C1OC2(CCCCC2)OC(=O)C1=C/C=C/C=C/C1=C(O)OC2(CCC3(CC2)OC(=O)/C(=C/C=C/C=C/C2=C(O)OC4(CCCCC4)OC2=O)C(O)O3)OC1=O. The number of carbonyl (C=O) groups is 5. The van der Waals surface area contributed by atoms with Crippen LogP contribution in [0, 0.1) is 0 Å². The Labute approximate surface area is 321 Å². The Bertz CT molecular complexity index is 1880. The fourth-order valence-electron chi connectivity index (χ4n) is 7.63. The summed E-state index contributed by atoms with van der Waals surface area (Å²) in [5.74, 6) is -10.7. The summed E-state index contributed by atoms with van der Waals surface area (Å²) >= 11 is 0. The van der Waals surface area contributed by atoms with Crippen molar-refractivity contribution in [1.29, 1.82) is 0 Å². The van der Waals surface area contributed by atoms with E-state index in [1.165, 1.54) is 60.8 Å². The molecule has 3 N–H and O–H groups in total. The van der Waals surface area contributed by atoms with Crippen LogP contribution in [0.15, 0.2) is 94.9 Å². The molecule has 56 heavy (non-hydrogen) atoms. The Balaban J connectivity index is 0.905. The van der Waals surface area contributed by atoms with Crippen LogP contribution in [0.5, 0.6) is 0 Å². The molecule has 4 aliphatic heterocycles. The topological polar surface area (TPSA) is 220 Å². The second kappa shape index (κ2) is 15.5. The third-order valence-corrected chi connectivity index (χ3v) is 10.6. The van der Waals surface area contributed by atoms with Crippen LogP contribution in [-0.4, -0.2) is 74.6 Å². The molecular formula is C40H42O16. The molecule has 5 fully saturated rings. The summed E-state index contributed by atoms with van der Waals surface area (Å²) < 4.78 is 44.5. The molecule has 0 bridgehead atoms. The van der Waals surface area contributed by atoms with Crippen molar-refractivity contribution >= 4 is 29.8 Å². The van der Waals surface area contributed by atoms with E-state index in [1.54, 1.807) is 0 Å². The molecule has 16 heteroatoms. The number of hydrogen-bond donors (Lipinski definition) is 3. The second-order valence-corrected chi connectivity index (χ2v) is 14.5.